The largest absolute Gasteiger partial charge is 0.380 e. The zero-order chi connectivity index (χ0) is 17.2. The molecular formula is C16H15FN4O2S. The van der Waals surface area contributed by atoms with Crippen LogP contribution >= 0.6 is 0 Å². The van der Waals surface area contributed by atoms with Crippen LogP contribution in [-0.4, -0.2) is 29.9 Å². The van der Waals surface area contributed by atoms with Crippen molar-refractivity contribution in [1.29, 1.82) is 0 Å². The molecule has 0 spiro atoms. The fraction of sp³-hybridized carbons (Fsp3) is 0.125. The van der Waals surface area contributed by atoms with Crippen LogP contribution in [-0.2, 0) is 16.4 Å². The van der Waals surface area contributed by atoms with Crippen LogP contribution in [0.3, 0.4) is 0 Å². The van der Waals surface area contributed by atoms with E-state index in [4.69, 9.17) is 0 Å². The lowest BCUT2D eigenvalue weighted by Crippen LogP contribution is -2.03. The Balaban J connectivity index is 1.77. The fourth-order valence-corrected chi connectivity index (χ4v) is 2.80. The lowest BCUT2D eigenvalue weighted by atomic mass is 10.1. The molecule has 0 fully saturated rings. The molecule has 6 nitrogen and oxygen atoms in total. The van der Waals surface area contributed by atoms with Crippen LogP contribution in [0.25, 0.3) is 11.3 Å². The lowest BCUT2D eigenvalue weighted by molar-refractivity contribution is 0.598. The van der Waals surface area contributed by atoms with Crippen LogP contribution in [0, 0.1) is 5.82 Å². The van der Waals surface area contributed by atoms with Crippen LogP contribution in [0.15, 0.2) is 53.8 Å². The molecule has 3 aromatic rings. The third-order valence-corrected chi connectivity index (χ3v) is 4.46. The fourth-order valence-electron chi connectivity index (χ4n) is 2.24. The second-order valence-electron chi connectivity index (χ2n) is 5.26. The second kappa shape index (κ2) is 6.40. The van der Waals surface area contributed by atoms with Gasteiger partial charge in [0, 0.05) is 23.9 Å². The molecule has 0 radical (unpaired) electrons. The van der Waals surface area contributed by atoms with Crippen molar-refractivity contribution in [1.82, 2.24) is 15.2 Å². The van der Waals surface area contributed by atoms with Gasteiger partial charge in [-0.3, -0.25) is 5.10 Å². The van der Waals surface area contributed by atoms with E-state index in [2.05, 4.69) is 20.5 Å². The van der Waals surface area contributed by atoms with Crippen molar-refractivity contribution in [3.63, 3.8) is 0 Å². The summed E-state index contributed by atoms with van der Waals surface area (Å²) in [6, 6.07) is 9.51. The van der Waals surface area contributed by atoms with Gasteiger partial charge in [-0.15, -0.1) is 0 Å². The number of hydrogen-bond acceptors (Lipinski definition) is 5. The Morgan fingerprint density at radius 1 is 1.17 bits per heavy atom. The molecule has 8 heteroatoms. The molecule has 1 aromatic carbocycles. The number of aromatic amines is 1. The van der Waals surface area contributed by atoms with E-state index >= 15 is 0 Å². The molecule has 24 heavy (non-hydrogen) atoms. The molecule has 3 rings (SSSR count). The normalized spacial score (nSPS) is 11.4. The average molecular weight is 346 g/mol. The lowest BCUT2D eigenvalue weighted by Gasteiger charge is -2.08. The van der Waals surface area contributed by atoms with Crippen molar-refractivity contribution < 1.29 is 12.8 Å². The number of benzene rings is 1. The maximum atomic E-state index is 13.9. The van der Waals surface area contributed by atoms with Gasteiger partial charge in [0.05, 0.1) is 23.8 Å². The summed E-state index contributed by atoms with van der Waals surface area (Å²) in [7, 11) is -3.32. The monoisotopic (exact) mass is 346 g/mol. The highest BCUT2D eigenvalue weighted by Gasteiger charge is 2.12. The van der Waals surface area contributed by atoms with Gasteiger partial charge in [0.15, 0.2) is 14.9 Å². The Kier molecular flexibility index (Phi) is 4.30. The van der Waals surface area contributed by atoms with Crippen molar-refractivity contribution >= 4 is 15.5 Å². The van der Waals surface area contributed by atoms with Gasteiger partial charge in [-0.2, -0.15) is 5.10 Å². The van der Waals surface area contributed by atoms with Crippen molar-refractivity contribution in [2.45, 2.75) is 11.6 Å². The Morgan fingerprint density at radius 2 is 1.96 bits per heavy atom. The molecule has 2 aromatic heterocycles. The van der Waals surface area contributed by atoms with Crippen molar-refractivity contribution in [3.8, 4) is 11.3 Å². The van der Waals surface area contributed by atoms with Gasteiger partial charge in [-0.05, 0) is 24.3 Å². The first-order valence-corrected chi connectivity index (χ1v) is 9.01. The van der Waals surface area contributed by atoms with E-state index in [1.54, 1.807) is 30.5 Å². The summed E-state index contributed by atoms with van der Waals surface area (Å²) in [6.45, 7) is 0.389. The zero-order valence-electron chi connectivity index (χ0n) is 12.8. The summed E-state index contributed by atoms with van der Waals surface area (Å²) >= 11 is 0. The molecule has 0 unspecified atom stereocenters. The van der Waals surface area contributed by atoms with Gasteiger partial charge < -0.3 is 5.32 Å². The van der Waals surface area contributed by atoms with Crippen LogP contribution in [0.1, 0.15) is 5.56 Å². The molecule has 0 amide bonds. The molecule has 0 saturated heterocycles. The highest BCUT2D eigenvalue weighted by atomic mass is 32.2. The first-order chi connectivity index (χ1) is 11.4. The van der Waals surface area contributed by atoms with E-state index in [0.717, 1.165) is 11.8 Å². The summed E-state index contributed by atoms with van der Waals surface area (Å²) in [5.74, 6) is -0.331. The topological polar surface area (TPSA) is 87.7 Å². The molecule has 0 aliphatic carbocycles. The van der Waals surface area contributed by atoms with Gasteiger partial charge >= 0.3 is 0 Å². The van der Waals surface area contributed by atoms with E-state index in [1.807, 2.05) is 0 Å². The minimum Gasteiger partial charge on any atom is -0.380 e. The van der Waals surface area contributed by atoms with E-state index in [-0.39, 0.29) is 10.8 Å². The standard InChI is InChI=1S/C16H15FN4O2S/c1-24(22,23)15-7-6-12(10-19-15)18-8-11-9-20-21-16(11)13-4-2-3-5-14(13)17/h2-7,9-10,18H,8H2,1H3,(H,20,21). The summed E-state index contributed by atoms with van der Waals surface area (Å²) < 4.78 is 36.7. The number of anilines is 1. The first-order valence-electron chi connectivity index (χ1n) is 7.12. The first kappa shape index (κ1) is 16.1. The highest BCUT2D eigenvalue weighted by Crippen LogP contribution is 2.24. The average Bonchev–Trinajstić information content (AvgIpc) is 3.01. The van der Waals surface area contributed by atoms with Crippen LogP contribution < -0.4 is 5.32 Å². The molecule has 0 saturated carbocycles. The number of nitrogens with one attached hydrogen (secondary N) is 2. The van der Waals surface area contributed by atoms with Crippen LogP contribution in [0.2, 0.25) is 0 Å². The minimum absolute atomic E-state index is 0.0170. The number of nitrogens with zero attached hydrogens (tertiary/aromatic N) is 2. The smallest absolute Gasteiger partial charge is 0.192 e. The van der Waals surface area contributed by atoms with Gasteiger partial charge in [0.2, 0.25) is 0 Å². The number of aromatic nitrogens is 3. The van der Waals surface area contributed by atoms with E-state index in [9.17, 15) is 12.8 Å². The van der Waals surface area contributed by atoms with Crippen molar-refractivity contribution in [2.75, 3.05) is 11.6 Å². The maximum Gasteiger partial charge on any atom is 0.192 e. The Morgan fingerprint density at radius 3 is 2.62 bits per heavy atom. The summed E-state index contributed by atoms with van der Waals surface area (Å²) in [6.07, 6.45) is 4.17. The number of rotatable bonds is 5. The summed E-state index contributed by atoms with van der Waals surface area (Å²) in [5.41, 5.74) is 2.48. The maximum absolute atomic E-state index is 13.9. The quantitative estimate of drug-likeness (QED) is 0.741. The van der Waals surface area contributed by atoms with Gasteiger partial charge in [-0.25, -0.2) is 17.8 Å². The number of H-pyrrole nitrogens is 1. The highest BCUT2D eigenvalue weighted by molar-refractivity contribution is 7.90. The van der Waals surface area contributed by atoms with Crippen molar-refractivity contribution in [3.05, 3.63) is 60.2 Å². The Hall–Kier alpha value is -2.74. The molecule has 0 aliphatic rings. The van der Waals surface area contributed by atoms with Gasteiger partial charge in [0.25, 0.3) is 0 Å². The van der Waals surface area contributed by atoms with E-state index in [1.165, 1.54) is 18.3 Å². The second-order valence-corrected chi connectivity index (χ2v) is 7.22. The molecule has 0 bridgehead atoms. The van der Waals surface area contributed by atoms with E-state index < -0.39 is 9.84 Å². The van der Waals surface area contributed by atoms with Gasteiger partial charge in [-0.1, -0.05) is 12.1 Å². The molecule has 2 heterocycles. The Bertz CT molecular complexity index is 952. The third kappa shape index (κ3) is 3.43. The molecular weight excluding hydrogens is 331 g/mol. The van der Waals surface area contributed by atoms with Crippen LogP contribution in [0.4, 0.5) is 10.1 Å². The van der Waals surface area contributed by atoms with Crippen molar-refractivity contribution in [2.24, 2.45) is 0 Å². The van der Waals surface area contributed by atoms with E-state index in [0.29, 0.717) is 23.5 Å². The number of pyridine rings is 1. The molecule has 124 valence electrons. The number of halogens is 1. The zero-order valence-corrected chi connectivity index (χ0v) is 13.6. The third-order valence-electron chi connectivity index (χ3n) is 3.46. The SMILES string of the molecule is CS(=O)(=O)c1ccc(NCc2cn[nH]c2-c2ccccc2F)cn1. The van der Waals surface area contributed by atoms with Crippen LogP contribution in [0.5, 0.6) is 0 Å². The number of sulfone groups is 1. The predicted octanol–water partition coefficient (Wildman–Crippen LogP) is 2.63. The minimum atomic E-state index is -3.32. The summed E-state index contributed by atoms with van der Waals surface area (Å²) in [4.78, 5) is 3.91. The Labute approximate surface area is 138 Å². The van der Waals surface area contributed by atoms with Gasteiger partial charge in [0.1, 0.15) is 5.82 Å². The molecule has 2 N–H and O–H groups in total. The molecule has 0 atom stereocenters. The number of hydrogen-bond donors (Lipinski definition) is 2. The molecule has 0 aliphatic heterocycles. The summed E-state index contributed by atoms with van der Waals surface area (Å²) in [5, 5.41) is 9.91. The predicted molar refractivity (Wildman–Crippen MR) is 88.7 cm³/mol.